The number of rotatable bonds is 5. The summed E-state index contributed by atoms with van der Waals surface area (Å²) in [5, 5.41) is 0. The lowest BCUT2D eigenvalue weighted by Gasteiger charge is -2.30. The van der Waals surface area contributed by atoms with Crippen molar-refractivity contribution < 1.29 is 14.3 Å². The summed E-state index contributed by atoms with van der Waals surface area (Å²) in [6.07, 6.45) is 0.808. The highest BCUT2D eigenvalue weighted by Gasteiger charge is 2.23. The quantitative estimate of drug-likeness (QED) is 0.849. The van der Waals surface area contributed by atoms with Gasteiger partial charge in [-0.3, -0.25) is 4.79 Å². The van der Waals surface area contributed by atoms with Crippen LogP contribution in [0.2, 0.25) is 0 Å². The van der Waals surface area contributed by atoms with Crippen molar-refractivity contribution in [3.63, 3.8) is 0 Å². The Balaban J connectivity index is 1.83. The molecule has 5 nitrogen and oxygen atoms in total. The van der Waals surface area contributed by atoms with Crippen LogP contribution in [0.5, 0.6) is 11.5 Å². The zero-order valence-electron chi connectivity index (χ0n) is 14.7. The number of anilines is 1. The van der Waals surface area contributed by atoms with E-state index in [1.165, 1.54) is 5.56 Å². The van der Waals surface area contributed by atoms with Crippen LogP contribution in [0.4, 0.5) is 5.69 Å². The van der Waals surface area contributed by atoms with Crippen LogP contribution in [-0.4, -0.2) is 30.6 Å². The van der Waals surface area contributed by atoms with Gasteiger partial charge in [-0.25, -0.2) is 0 Å². The summed E-state index contributed by atoms with van der Waals surface area (Å²) in [5.41, 5.74) is 9.35. The van der Waals surface area contributed by atoms with Crippen molar-refractivity contribution in [3.05, 3.63) is 53.1 Å². The van der Waals surface area contributed by atoms with E-state index in [9.17, 15) is 4.79 Å². The molecule has 132 valence electrons. The van der Waals surface area contributed by atoms with E-state index in [-0.39, 0.29) is 5.91 Å². The van der Waals surface area contributed by atoms with Gasteiger partial charge in [-0.15, -0.1) is 0 Å². The van der Waals surface area contributed by atoms with Crippen molar-refractivity contribution in [3.8, 4) is 11.5 Å². The van der Waals surface area contributed by atoms with E-state index in [4.69, 9.17) is 15.2 Å². The first-order valence-electron chi connectivity index (χ1n) is 8.68. The van der Waals surface area contributed by atoms with Crippen LogP contribution in [0.25, 0.3) is 0 Å². The molecule has 0 fully saturated rings. The second-order valence-electron chi connectivity index (χ2n) is 6.03. The van der Waals surface area contributed by atoms with Crippen molar-refractivity contribution in [2.24, 2.45) is 0 Å². The third-order valence-electron chi connectivity index (χ3n) is 4.32. The SMILES string of the molecule is CCOc1cc2c(cc1OCC)CN(C(=O)c1ccc(N)cc1)CC2. The number of hydrogen-bond acceptors (Lipinski definition) is 4. The Morgan fingerprint density at radius 2 is 1.64 bits per heavy atom. The van der Waals surface area contributed by atoms with Crippen molar-refractivity contribution in [2.45, 2.75) is 26.8 Å². The fraction of sp³-hybridized carbons (Fsp3) is 0.350. The van der Waals surface area contributed by atoms with Crippen molar-refractivity contribution in [2.75, 3.05) is 25.5 Å². The second kappa shape index (κ2) is 7.47. The minimum Gasteiger partial charge on any atom is -0.490 e. The summed E-state index contributed by atoms with van der Waals surface area (Å²) in [7, 11) is 0. The number of amides is 1. The minimum atomic E-state index is 0.0255. The van der Waals surface area contributed by atoms with Crippen molar-refractivity contribution in [1.29, 1.82) is 0 Å². The molecule has 0 aliphatic carbocycles. The van der Waals surface area contributed by atoms with Gasteiger partial charge < -0.3 is 20.1 Å². The summed E-state index contributed by atoms with van der Waals surface area (Å²) in [6.45, 7) is 6.35. The maximum absolute atomic E-state index is 12.7. The monoisotopic (exact) mass is 340 g/mol. The lowest BCUT2D eigenvalue weighted by molar-refractivity contribution is 0.0734. The number of hydrogen-bond donors (Lipinski definition) is 1. The van der Waals surface area contributed by atoms with Gasteiger partial charge in [0.2, 0.25) is 0 Å². The van der Waals surface area contributed by atoms with Crippen LogP contribution in [-0.2, 0) is 13.0 Å². The highest BCUT2D eigenvalue weighted by atomic mass is 16.5. The molecule has 2 aromatic carbocycles. The summed E-state index contributed by atoms with van der Waals surface area (Å²) in [4.78, 5) is 14.6. The zero-order valence-corrected chi connectivity index (χ0v) is 14.7. The highest BCUT2D eigenvalue weighted by molar-refractivity contribution is 5.94. The van der Waals surface area contributed by atoms with Gasteiger partial charge in [0.05, 0.1) is 13.2 Å². The van der Waals surface area contributed by atoms with Crippen molar-refractivity contribution >= 4 is 11.6 Å². The lowest BCUT2D eigenvalue weighted by atomic mass is 9.98. The molecule has 1 aliphatic rings. The highest BCUT2D eigenvalue weighted by Crippen LogP contribution is 2.34. The average molecular weight is 340 g/mol. The smallest absolute Gasteiger partial charge is 0.254 e. The number of carbonyl (C=O) groups excluding carboxylic acids is 1. The van der Waals surface area contributed by atoms with E-state index in [0.717, 1.165) is 23.5 Å². The summed E-state index contributed by atoms with van der Waals surface area (Å²) >= 11 is 0. The number of benzene rings is 2. The molecule has 2 aromatic rings. The normalized spacial score (nSPS) is 13.3. The molecule has 0 radical (unpaired) electrons. The standard InChI is InChI=1S/C20H24N2O3/c1-3-24-18-11-15-9-10-22(13-16(15)12-19(18)25-4-2)20(23)14-5-7-17(21)8-6-14/h5-8,11-12H,3-4,9-10,13,21H2,1-2H3. The molecule has 0 atom stereocenters. The Bertz CT molecular complexity index is 756. The molecular weight excluding hydrogens is 316 g/mol. The Morgan fingerprint density at radius 3 is 2.24 bits per heavy atom. The van der Waals surface area contributed by atoms with Gasteiger partial charge >= 0.3 is 0 Å². The van der Waals surface area contributed by atoms with Gasteiger partial charge in [-0.2, -0.15) is 0 Å². The van der Waals surface area contributed by atoms with E-state index >= 15 is 0 Å². The Labute approximate surface area is 148 Å². The van der Waals surface area contributed by atoms with Gasteiger partial charge in [0.1, 0.15) is 0 Å². The largest absolute Gasteiger partial charge is 0.490 e. The number of nitrogens with zero attached hydrogens (tertiary/aromatic N) is 1. The molecule has 0 spiro atoms. The average Bonchev–Trinajstić information content (AvgIpc) is 2.62. The predicted molar refractivity (Wildman–Crippen MR) is 98.1 cm³/mol. The molecule has 5 heteroatoms. The number of nitrogens with two attached hydrogens (primary N) is 1. The van der Waals surface area contributed by atoms with E-state index in [0.29, 0.717) is 37.6 Å². The molecule has 1 amide bonds. The van der Waals surface area contributed by atoms with Gasteiger partial charge in [0.15, 0.2) is 11.5 Å². The van der Waals surface area contributed by atoms with E-state index < -0.39 is 0 Å². The van der Waals surface area contributed by atoms with Crippen LogP contribution < -0.4 is 15.2 Å². The minimum absolute atomic E-state index is 0.0255. The first-order valence-corrected chi connectivity index (χ1v) is 8.68. The molecule has 25 heavy (non-hydrogen) atoms. The summed E-state index contributed by atoms with van der Waals surface area (Å²) in [6, 6.07) is 11.1. The zero-order chi connectivity index (χ0) is 17.8. The second-order valence-corrected chi connectivity index (χ2v) is 6.03. The molecule has 1 heterocycles. The molecule has 2 N–H and O–H groups in total. The molecule has 0 saturated heterocycles. The molecule has 0 bridgehead atoms. The number of carbonyl (C=O) groups is 1. The summed E-state index contributed by atoms with van der Waals surface area (Å²) in [5.74, 6) is 1.55. The van der Waals surface area contributed by atoms with Crippen LogP contribution in [0.3, 0.4) is 0 Å². The molecule has 3 rings (SSSR count). The van der Waals surface area contributed by atoms with Gasteiger partial charge in [0.25, 0.3) is 5.91 Å². The third-order valence-corrected chi connectivity index (χ3v) is 4.32. The van der Waals surface area contributed by atoms with E-state index in [1.54, 1.807) is 24.3 Å². The van der Waals surface area contributed by atoms with Gasteiger partial charge in [0, 0.05) is 24.3 Å². The molecule has 0 saturated carbocycles. The lowest BCUT2D eigenvalue weighted by Crippen LogP contribution is -2.36. The maximum atomic E-state index is 12.7. The molecule has 0 unspecified atom stereocenters. The number of ether oxygens (including phenoxy) is 2. The van der Waals surface area contributed by atoms with Crippen molar-refractivity contribution in [1.82, 2.24) is 4.90 Å². The Kier molecular flexibility index (Phi) is 5.12. The topological polar surface area (TPSA) is 64.8 Å². The van der Waals surface area contributed by atoms with Crippen LogP contribution in [0.15, 0.2) is 36.4 Å². The first-order chi connectivity index (χ1) is 12.1. The molecular formula is C20H24N2O3. The maximum Gasteiger partial charge on any atom is 0.254 e. The summed E-state index contributed by atoms with van der Waals surface area (Å²) < 4.78 is 11.4. The first kappa shape index (κ1) is 17.1. The van der Waals surface area contributed by atoms with E-state index in [1.807, 2.05) is 24.8 Å². The fourth-order valence-corrected chi connectivity index (χ4v) is 3.08. The molecule has 0 aromatic heterocycles. The predicted octanol–water partition coefficient (Wildman–Crippen LogP) is 3.26. The number of nitrogen functional groups attached to an aromatic ring is 1. The third kappa shape index (κ3) is 3.71. The van der Waals surface area contributed by atoms with E-state index in [2.05, 4.69) is 6.07 Å². The Morgan fingerprint density at radius 1 is 1.04 bits per heavy atom. The number of fused-ring (bicyclic) bond motifs is 1. The van der Waals surface area contributed by atoms with Gasteiger partial charge in [-0.1, -0.05) is 0 Å². The van der Waals surface area contributed by atoms with Crippen LogP contribution in [0.1, 0.15) is 35.3 Å². The van der Waals surface area contributed by atoms with Gasteiger partial charge in [-0.05, 0) is 67.8 Å². The fourth-order valence-electron chi connectivity index (χ4n) is 3.08. The molecule has 1 aliphatic heterocycles. The Hall–Kier alpha value is -2.69. The van der Waals surface area contributed by atoms with Crippen LogP contribution >= 0.6 is 0 Å². The van der Waals surface area contributed by atoms with Crippen LogP contribution in [0, 0.1) is 0 Å².